The lowest BCUT2D eigenvalue weighted by atomic mass is 9.84. The van der Waals surface area contributed by atoms with E-state index < -0.39 is 0 Å². The van der Waals surface area contributed by atoms with E-state index >= 15 is 0 Å². The number of amides is 1. The molecule has 2 aliphatic carbocycles. The summed E-state index contributed by atoms with van der Waals surface area (Å²) in [5.74, 6) is 2.62. The van der Waals surface area contributed by atoms with Gasteiger partial charge in [0.1, 0.15) is 0 Å². The molecule has 2 aromatic heterocycles. The van der Waals surface area contributed by atoms with Gasteiger partial charge in [-0.15, -0.1) is 11.3 Å². The predicted molar refractivity (Wildman–Crippen MR) is 88.1 cm³/mol. The van der Waals surface area contributed by atoms with Crippen molar-refractivity contribution in [3.63, 3.8) is 0 Å². The topological polar surface area (TPSA) is 46.4 Å². The number of carbonyl (C=O) groups is 1. The van der Waals surface area contributed by atoms with Crippen molar-refractivity contribution in [1.82, 2.24) is 14.7 Å². The normalized spacial score (nSPS) is 28.4. The van der Waals surface area contributed by atoms with Crippen LogP contribution in [0, 0.1) is 24.7 Å². The molecule has 2 bridgehead atoms. The van der Waals surface area contributed by atoms with Gasteiger partial charge in [0.05, 0.1) is 12.1 Å². The molecule has 0 spiro atoms. The number of aryl methyl sites for hydroxylation is 1. The quantitative estimate of drug-likeness (QED) is 0.941. The Morgan fingerprint density at radius 1 is 1.50 bits per heavy atom. The Bertz CT molecular complexity index is 704. The molecular weight excluding hydrogens is 294 g/mol. The minimum Gasteiger partial charge on any atom is -0.353 e. The van der Waals surface area contributed by atoms with Gasteiger partial charge in [-0.25, -0.2) is 4.98 Å². The number of carbonyl (C=O) groups excluding carboxylic acids is 1. The second-order valence-electron chi connectivity index (χ2n) is 7.13. The van der Waals surface area contributed by atoms with E-state index in [1.165, 1.54) is 25.7 Å². The van der Waals surface area contributed by atoms with Crippen molar-refractivity contribution >= 4 is 22.2 Å². The third-order valence-electron chi connectivity index (χ3n) is 5.57. The number of hydrogen-bond donors (Lipinski definition) is 1. The van der Waals surface area contributed by atoms with E-state index in [-0.39, 0.29) is 5.91 Å². The molecule has 0 aromatic carbocycles. The predicted octanol–water partition coefficient (Wildman–Crippen LogP) is 3.19. The molecule has 2 saturated carbocycles. The van der Waals surface area contributed by atoms with Crippen LogP contribution in [0.4, 0.5) is 0 Å². The summed E-state index contributed by atoms with van der Waals surface area (Å²) in [4.78, 5) is 17.8. The molecule has 4 nitrogen and oxygen atoms in total. The summed E-state index contributed by atoms with van der Waals surface area (Å²) in [6.07, 6.45) is 7.94. The molecule has 1 amide bonds. The molecule has 2 heterocycles. The minimum absolute atomic E-state index is 0.140. The second-order valence-corrected chi connectivity index (χ2v) is 7.97. The maximum atomic E-state index is 12.4. The van der Waals surface area contributed by atoms with Crippen molar-refractivity contribution in [2.45, 2.75) is 52.0 Å². The minimum atomic E-state index is 0.140. The third kappa shape index (κ3) is 2.45. The van der Waals surface area contributed by atoms with Crippen LogP contribution in [0.15, 0.2) is 11.6 Å². The molecule has 0 unspecified atom stereocenters. The average Bonchev–Trinajstić information content (AvgIpc) is 3.21. The van der Waals surface area contributed by atoms with Crippen LogP contribution in [0.1, 0.15) is 44.0 Å². The standard InChI is InChI=1S/C17H23N3OS/c1-10-8-20-14(9-22-17(20)18-10)7-16(21)19-11(2)15-6-12-3-4-13(15)5-12/h8-9,11-13,15H,3-7H2,1-2H3,(H,19,21)/t11-,12+,13+,15-/m1/s1. The van der Waals surface area contributed by atoms with Gasteiger partial charge in [-0.05, 0) is 50.9 Å². The van der Waals surface area contributed by atoms with Crippen molar-refractivity contribution in [3.8, 4) is 0 Å². The molecular formula is C17H23N3OS. The van der Waals surface area contributed by atoms with Gasteiger partial charge in [0.2, 0.25) is 5.91 Å². The first kappa shape index (κ1) is 14.2. The Balaban J connectivity index is 1.40. The van der Waals surface area contributed by atoms with E-state index in [2.05, 4.69) is 17.2 Å². The number of aromatic nitrogens is 2. The highest BCUT2D eigenvalue weighted by Gasteiger charge is 2.42. The average molecular weight is 317 g/mol. The lowest BCUT2D eigenvalue weighted by molar-refractivity contribution is -0.121. The first-order valence-corrected chi connectivity index (χ1v) is 9.19. The summed E-state index contributed by atoms with van der Waals surface area (Å²) in [7, 11) is 0. The maximum Gasteiger partial charge on any atom is 0.226 e. The molecule has 2 aromatic rings. The molecule has 2 aliphatic rings. The van der Waals surface area contributed by atoms with Crippen LogP contribution in [0.25, 0.3) is 4.96 Å². The zero-order valence-electron chi connectivity index (χ0n) is 13.2. The maximum absolute atomic E-state index is 12.4. The van der Waals surface area contributed by atoms with E-state index in [1.54, 1.807) is 11.3 Å². The van der Waals surface area contributed by atoms with Crippen LogP contribution in [0.2, 0.25) is 0 Å². The van der Waals surface area contributed by atoms with Crippen LogP contribution in [0.3, 0.4) is 0 Å². The fraction of sp³-hybridized carbons (Fsp3) is 0.647. The first-order chi connectivity index (χ1) is 10.6. The highest BCUT2D eigenvalue weighted by atomic mass is 32.1. The Hall–Kier alpha value is -1.36. The zero-order valence-corrected chi connectivity index (χ0v) is 14.0. The highest BCUT2D eigenvalue weighted by Crippen LogP contribution is 2.49. The summed E-state index contributed by atoms with van der Waals surface area (Å²) in [6, 6.07) is 0.307. The summed E-state index contributed by atoms with van der Waals surface area (Å²) in [6.45, 7) is 4.18. The van der Waals surface area contributed by atoms with Gasteiger partial charge in [0.25, 0.3) is 0 Å². The molecule has 1 N–H and O–H groups in total. The van der Waals surface area contributed by atoms with Crippen LogP contribution < -0.4 is 5.32 Å². The molecule has 2 fully saturated rings. The SMILES string of the molecule is Cc1cn2c(CC(=O)N[C@H](C)[C@H]3C[C@H]4CC[C@H]3C4)csc2n1. The molecule has 118 valence electrons. The molecule has 5 heteroatoms. The molecule has 22 heavy (non-hydrogen) atoms. The Morgan fingerprint density at radius 2 is 2.36 bits per heavy atom. The van der Waals surface area contributed by atoms with E-state index in [1.807, 2.05) is 22.9 Å². The monoisotopic (exact) mass is 317 g/mol. The lowest BCUT2D eigenvalue weighted by Gasteiger charge is -2.28. The molecule has 0 aliphatic heterocycles. The Kier molecular flexibility index (Phi) is 3.48. The smallest absolute Gasteiger partial charge is 0.226 e. The van der Waals surface area contributed by atoms with Gasteiger partial charge >= 0.3 is 0 Å². The van der Waals surface area contributed by atoms with Crippen LogP contribution in [0.5, 0.6) is 0 Å². The van der Waals surface area contributed by atoms with Gasteiger partial charge < -0.3 is 5.32 Å². The largest absolute Gasteiger partial charge is 0.353 e. The van der Waals surface area contributed by atoms with Crippen molar-refractivity contribution in [2.75, 3.05) is 0 Å². The van der Waals surface area contributed by atoms with Gasteiger partial charge in [-0.1, -0.05) is 6.42 Å². The van der Waals surface area contributed by atoms with Gasteiger partial charge in [0, 0.05) is 23.3 Å². The summed E-state index contributed by atoms with van der Waals surface area (Å²) in [5.41, 5.74) is 2.04. The van der Waals surface area contributed by atoms with E-state index in [0.717, 1.165) is 28.2 Å². The number of imidazole rings is 1. The first-order valence-electron chi connectivity index (χ1n) is 8.31. The van der Waals surface area contributed by atoms with E-state index in [0.29, 0.717) is 18.4 Å². The molecule has 4 atom stereocenters. The Labute approximate surface area is 134 Å². The van der Waals surface area contributed by atoms with Crippen molar-refractivity contribution in [3.05, 3.63) is 23.0 Å². The molecule has 0 radical (unpaired) electrons. The molecule has 0 saturated heterocycles. The van der Waals surface area contributed by atoms with Gasteiger partial charge in [-0.3, -0.25) is 9.20 Å². The van der Waals surface area contributed by atoms with Gasteiger partial charge in [-0.2, -0.15) is 0 Å². The number of fused-ring (bicyclic) bond motifs is 3. The van der Waals surface area contributed by atoms with E-state index in [9.17, 15) is 4.79 Å². The van der Waals surface area contributed by atoms with Crippen LogP contribution in [-0.2, 0) is 11.2 Å². The van der Waals surface area contributed by atoms with Crippen LogP contribution in [-0.4, -0.2) is 21.3 Å². The van der Waals surface area contributed by atoms with Crippen molar-refractivity contribution in [2.24, 2.45) is 17.8 Å². The van der Waals surface area contributed by atoms with Crippen molar-refractivity contribution in [1.29, 1.82) is 0 Å². The third-order valence-corrected chi connectivity index (χ3v) is 6.46. The summed E-state index contributed by atoms with van der Waals surface area (Å²) in [5, 5.41) is 5.29. The second kappa shape index (κ2) is 5.37. The lowest BCUT2D eigenvalue weighted by Crippen LogP contribution is -2.40. The Morgan fingerprint density at radius 3 is 3.09 bits per heavy atom. The number of hydrogen-bond acceptors (Lipinski definition) is 3. The fourth-order valence-electron chi connectivity index (χ4n) is 4.55. The fourth-order valence-corrected chi connectivity index (χ4v) is 5.47. The van der Waals surface area contributed by atoms with Gasteiger partial charge in [0.15, 0.2) is 4.96 Å². The summed E-state index contributed by atoms with van der Waals surface area (Å²) < 4.78 is 2.04. The number of nitrogens with one attached hydrogen (secondary N) is 1. The van der Waals surface area contributed by atoms with Crippen molar-refractivity contribution < 1.29 is 4.79 Å². The zero-order chi connectivity index (χ0) is 15.3. The number of thiazole rings is 1. The molecule has 4 rings (SSSR count). The summed E-state index contributed by atoms with van der Waals surface area (Å²) >= 11 is 1.60. The number of nitrogens with zero attached hydrogens (tertiary/aromatic N) is 2. The number of rotatable bonds is 4. The highest BCUT2D eigenvalue weighted by molar-refractivity contribution is 7.15. The van der Waals surface area contributed by atoms with E-state index in [4.69, 9.17) is 0 Å². The van der Waals surface area contributed by atoms with Crippen LogP contribution >= 0.6 is 11.3 Å².